The monoisotopic (exact) mass is 326 g/mol. The first kappa shape index (κ1) is 15.7. The number of rotatable bonds is 4. The van der Waals surface area contributed by atoms with Crippen molar-refractivity contribution in [2.24, 2.45) is 0 Å². The number of pyridine rings is 1. The normalized spacial score (nSPS) is 19.6. The lowest BCUT2D eigenvalue weighted by molar-refractivity contribution is -0.137. The first-order chi connectivity index (χ1) is 9.43. The van der Waals surface area contributed by atoms with Crippen molar-refractivity contribution in [2.45, 2.75) is 37.9 Å². The summed E-state index contributed by atoms with van der Waals surface area (Å²) in [7, 11) is 0. The summed E-state index contributed by atoms with van der Waals surface area (Å²) in [6, 6.07) is 1.20. The lowest BCUT2D eigenvalue weighted by Crippen LogP contribution is -2.30. The molecule has 1 unspecified atom stereocenters. The van der Waals surface area contributed by atoms with E-state index in [0.29, 0.717) is 11.7 Å². The molecule has 0 amide bonds. The Morgan fingerprint density at radius 1 is 1.40 bits per heavy atom. The van der Waals surface area contributed by atoms with Crippen molar-refractivity contribution in [3.05, 3.63) is 22.8 Å². The van der Waals surface area contributed by atoms with Crippen molar-refractivity contribution in [2.75, 3.05) is 17.3 Å². The number of hydrogen-bond acceptors (Lipinski definition) is 2. The van der Waals surface area contributed by atoms with Crippen LogP contribution in [0.3, 0.4) is 0 Å². The number of nitrogens with zero attached hydrogens (tertiary/aromatic N) is 2. The van der Waals surface area contributed by atoms with E-state index in [1.807, 2.05) is 4.90 Å². The summed E-state index contributed by atoms with van der Waals surface area (Å²) >= 11 is 11.7. The lowest BCUT2D eigenvalue weighted by Gasteiger charge is -2.26. The van der Waals surface area contributed by atoms with Gasteiger partial charge < -0.3 is 4.90 Å². The molecule has 0 N–H and O–H groups in total. The second kappa shape index (κ2) is 6.39. The van der Waals surface area contributed by atoms with Crippen molar-refractivity contribution in [1.29, 1.82) is 0 Å². The molecule has 7 heteroatoms. The van der Waals surface area contributed by atoms with Gasteiger partial charge in [0.1, 0.15) is 5.82 Å². The van der Waals surface area contributed by atoms with Gasteiger partial charge in [-0.05, 0) is 31.7 Å². The van der Waals surface area contributed by atoms with E-state index in [9.17, 15) is 13.2 Å². The van der Waals surface area contributed by atoms with E-state index < -0.39 is 11.7 Å². The summed E-state index contributed by atoms with van der Waals surface area (Å²) in [5.74, 6) is 1.02. The third-order valence-electron chi connectivity index (χ3n) is 3.47. The highest BCUT2D eigenvalue weighted by Crippen LogP contribution is 2.36. The number of anilines is 1. The minimum absolute atomic E-state index is 0.0533. The molecule has 2 rings (SSSR count). The van der Waals surface area contributed by atoms with Crippen LogP contribution in [0.2, 0.25) is 5.02 Å². The van der Waals surface area contributed by atoms with E-state index in [1.54, 1.807) is 0 Å². The average molecular weight is 327 g/mol. The van der Waals surface area contributed by atoms with E-state index >= 15 is 0 Å². The summed E-state index contributed by atoms with van der Waals surface area (Å²) in [6.45, 7) is 0.769. The molecule has 2 nitrogen and oxygen atoms in total. The molecule has 0 aliphatic carbocycles. The Morgan fingerprint density at radius 2 is 2.15 bits per heavy atom. The van der Waals surface area contributed by atoms with Gasteiger partial charge in [-0.3, -0.25) is 0 Å². The van der Waals surface area contributed by atoms with Crippen molar-refractivity contribution in [3.8, 4) is 0 Å². The Morgan fingerprint density at radius 3 is 2.75 bits per heavy atom. The molecule has 1 aliphatic rings. The molecule has 1 fully saturated rings. The smallest absolute Gasteiger partial charge is 0.352 e. The molecule has 112 valence electrons. The van der Waals surface area contributed by atoms with Crippen molar-refractivity contribution in [3.63, 3.8) is 0 Å². The summed E-state index contributed by atoms with van der Waals surface area (Å²) in [5, 5.41) is 0.0533. The first-order valence-corrected chi connectivity index (χ1v) is 7.40. The summed E-state index contributed by atoms with van der Waals surface area (Å²) in [5.41, 5.74) is -0.817. The molecule has 0 spiro atoms. The van der Waals surface area contributed by atoms with Gasteiger partial charge in [-0.25, -0.2) is 4.98 Å². The molecule has 20 heavy (non-hydrogen) atoms. The van der Waals surface area contributed by atoms with E-state index in [0.717, 1.165) is 44.5 Å². The molecule has 2 heterocycles. The minimum Gasteiger partial charge on any atom is -0.352 e. The second-order valence-corrected chi connectivity index (χ2v) is 5.63. The summed E-state index contributed by atoms with van der Waals surface area (Å²) in [6.07, 6.45) is 0.196. The Hall–Kier alpha value is -0.680. The van der Waals surface area contributed by atoms with E-state index in [2.05, 4.69) is 4.98 Å². The largest absolute Gasteiger partial charge is 0.417 e. The van der Waals surface area contributed by atoms with Gasteiger partial charge in [-0.1, -0.05) is 11.6 Å². The van der Waals surface area contributed by atoms with Crippen LogP contribution < -0.4 is 4.90 Å². The SMILES string of the molecule is FC(F)(F)c1cnc(N2CCCC2CCCCl)c(Cl)c1. The number of hydrogen-bond donors (Lipinski definition) is 0. The molecular weight excluding hydrogens is 312 g/mol. The standard InChI is InChI=1S/C13H15Cl2F3N2/c14-5-1-3-10-4-2-6-20(10)12-11(15)7-9(8-19-12)13(16,17)18/h7-8,10H,1-6H2. The van der Waals surface area contributed by atoms with Gasteiger partial charge >= 0.3 is 6.18 Å². The summed E-state index contributed by atoms with van der Waals surface area (Å²) < 4.78 is 37.8. The molecule has 1 aliphatic heterocycles. The van der Waals surface area contributed by atoms with E-state index in [4.69, 9.17) is 23.2 Å². The van der Waals surface area contributed by atoms with Gasteiger partial charge in [0.2, 0.25) is 0 Å². The number of alkyl halides is 4. The van der Waals surface area contributed by atoms with Crippen LogP contribution in [0.15, 0.2) is 12.3 Å². The Labute approximate surface area is 125 Å². The Bertz CT molecular complexity index is 465. The van der Waals surface area contributed by atoms with Crippen LogP contribution in [0.5, 0.6) is 0 Å². The maximum absolute atomic E-state index is 12.6. The van der Waals surface area contributed by atoms with Crippen LogP contribution in [0.1, 0.15) is 31.2 Å². The fraction of sp³-hybridized carbons (Fsp3) is 0.615. The Kier molecular flexibility index (Phi) is 5.02. The topological polar surface area (TPSA) is 16.1 Å². The fourth-order valence-corrected chi connectivity index (χ4v) is 2.95. The van der Waals surface area contributed by atoms with Crippen LogP contribution >= 0.6 is 23.2 Å². The van der Waals surface area contributed by atoms with Crippen molar-refractivity contribution < 1.29 is 13.2 Å². The average Bonchev–Trinajstić information content (AvgIpc) is 2.83. The highest BCUT2D eigenvalue weighted by molar-refractivity contribution is 6.33. The van der Waals surface area contributed by atoms with Gasteiger partial charge in [0, 0.05) is 24.7 Å². The molecule has 1 aromatic heterocycles. The van der Waals surface area contributed by atoms with E-state index in [-0.39, 0.29) is 11.1 Å². The zero-order valence-corrected chi connectivity index (χ0v) is 12.3. The highest BCUT2D eigenvalue weighted by atomic mass is 35.5. The van der Waals surface area contributed by atoms with Crippen molar-refractivity contribution in [1.82, 2.24) is 4.98 Å². The maximum Gasteiger partial charge on any atom is 0.417 e. The zero-order chi connectivity index (χ0) is 14.8. The lowest BCUT2D eigenvalue weighted by atomic mass is 10.1. The summed E-state index contributed by atoms with van der Waals surface area (Å²) in [4.78, 5) is 5.92. The first-order valence-electron chi connectivity index (χ1n) is 6.49. The van der Waals surface area contributed by atoms with Gasteiger partial charge in [0.25, 0.3) is 0 Å². The maximum atomic E-state index is 12.6. The van der Waals surface area contributed by atoms with Gasteiger partial charge in [0.05, 0.1) is 10.6 Å². The Balaban J connectivity index is 2.20. The van der Waals surface area contributed by atoms with Crippen LogP contribution in [-0.2, 0) is 6.18 Å². The fourth-order valence-electron chi connectivity index (χ4n) is 2.52. The second-order valence-electron chi connectivity index (χ2n) is 4.85. The number of aromatic nitrogens is 1. The van der Waals surface area contributed by atoms with Crippen LogP contribution in [0, 0.1) is 0 Å². The number of halogens is 5. The van der Waals surface area contributed by atoms with Crippen LogP contribution in [0.25, 0.3) is 0 Å². The molecule has 0 bridgehead atoms. The quantitative estimate of drug-likeness (QED) is 0.743. The van der Waals surface area contributed by atoms with Crippen LogP contribution in [0.4, 0.5) is 19.0 Å². The van der Waals surface area contributed by atoms with E-state index in [1.165, 1.54) is 0 Å². The predicted octanol–water partition coefficient (Wildman–Crippen LogP) is 4.74. The highest BCUT2D eigenvalue weighted by Gasteiger charge is 2.33. The zero-order valence-electron chi connectivity index (χ0n) is 10.8. The van der Waals surface area contributed by atoms with Gasteiger partial charge in [-0.2, -0.15) is 13.2 Å². The molecule has 1 saturated heterocycles. The van der Waals surface area contributed by atoms with Gasteiger partial charge in [0.15, 0.2) is 0 Å². The predicted molar refractivity (Wildman–Crippen MR) is 74.6 cm³/mol. The molecule has 0 aromatic carbocycles. The third-order valence-corrected chi connectivity index (χ3v) is 4.01. The molecule has 0 saturated carbocycles. The molecule has 0 radical (unpaired) electrons. The van der Waals surface area contributed by atoms with Gasteiger partial charge in [-0.15, -0.1) is 11.6 Å². The molecule has 1 atom stereocenters. The molecular formula is C13H15Cl2F3N2. The van der Waals surface area contributed by atoms with Crippen molar-refractivity contribution >= 4 is 29.0 Å². The molecule has 1 aromatic rings. The van der Waals surface area contributed by atoms with Crippen LogP contribution in [-0.4, -0.2) is 23.5 Å². The third kappa shape index (κ3) is 3.50. The minimum atomic E-state index is -4.42.